The van der Waals surface area contributed by atoms with Gasteiger partial charge in [-0.2, -0.15) is 18.3 Å². The molecule has 0 fully saturated rings. The molecule has 0 atom stereocenters. The quantitative estimate of drug-likeness (QED) is 0.255. The van der Waals surface area contributed by atoms with Crippen LogP contribution in [0.15, 0.2) is 67.0 Å². The van der Waals surface area contributed by atoms with Crippen molar-refractivity contribution < 1.29 is 33.0 Å². The number of fused-ring (bicyclic) bond motifs is 2. The number of aliphatic carboxylic acids is 1. The molecule has 8 nitrogen and oxygen atoms in total. The minimum Gasteiger partial charge on any atom is -0.494 e. The number of aromatic amines is 2. The van der Waals surface area contributed by atoms with Crippen molar-refractivity contribution >= 4 is 45.7 Å². The second-order valence-electron chi connectivity index (χ2n) is 7.51. The van der Waals surface area contributed by atoms with Crippen molar-refractivity contribution in [2.75, 3.05) is 0 Å². The highest BCUT2D eigenvalue weighted by atomic mass is 19.4. The van der Waals surface area contributed by atoms with E-state index in [1.165, 1.54) is 0 Å². The number of hydrogen-bond donors (Lipinski definition) is 4. The van der Waals surface area contributed by atoms with Crippen LogP contribution in [0.25, 0.3) is 34.0 Å². The Balaban J connectivity index is 0.000000384. The molecule has 0 unspecified atom stereocenters. The molecule has 0 aliphatic rings. The van der Waals surface area contributed by atoms with E-state index in [0.717, 1.165) is 27.7 Å². The van der Waals surface area contributed by atoms with Crippen molar-refractivity contribution in [1.29, 1.82) is 0 Å². The molecular weight excluding hydrogens is 477 g/mol. The monoisotopic (exact) mass is 494 g/mol. The highest BCUT2D eigenvalue weighted by Gasteiger charge is 2.38. The summed E-state index contributed by atoms with van der Waals surface area (Å²) in [5.74, 6) is -3.13. The maximum Gasteiger partial charge on any atom is 0.490 e. The van der Waals surface area contributed by atoms with E-state index in [4.69, 9.17) is 9.90 Å². The van der Waals surface area contributed by atoms with Crippen molar-refractivity contribution in [2.24, 2.45) is 0 Å². The van der Waals surface area contributed by atoms with Gasteiger partial charge in [0.1, 0.15) is 0 Å². The lowest BCUT2D eigenvalue weighted by molar-refractivity contribution is -0.192. The Morgan fingerprint density at radius 3 is 2.31 bits per heavy atom. The fourth-order valence-electron chi connectivity index (χ4n) is 3.46. The molecule has 4 N–H and O–H groups in total. The Bertz CT molecular complexity index is 1590. The average Bonchev–Trinajstić information content (AvgIpc) is 3.42. The number of halogens is 3. The summed E-state index contributed by atoms with van der Waals surface area (Å²) in [6.07, 6.45) is 2.27. The molecule has 3 heterocycles. The molecule has 0 bridgehead atoms. The highest BCUT2D eigenvalue weighted by molar-refractivity contribution is 6.19. The molecule has 2 aromatic carbocycles. The van der Waals surface area contributed by atoms with Crippen LogP contribution in [0.4, 0.5) is 13.2 Å². The fraction of sp³-hybridized carbons (Fsp3) is 0.0400. The van der Waals surface area contributed by atoms with E-state index in [1.54, 1.807) is 24.5 Å². The third-order valence-electron chi connectivity index (χ3n) is 5.15. The van der Waals surface area contributed by atoms with Gasteiger partial charge in [-0.15, -0.1) is 0 Å². The molecular formula is C25H17F3N4O4. The number of aromatic hydroxyl groups is 1. The Morgan fingerprint density at radius 1 is 0.917 bits per heavy atom. The molecule has 0 aliphatic carbocycles. The number of carboxylic acids is 1. The molecule has 182 valence electrons. The number of carbonyl (C=O) groups excluding carboxylic acids is 1. The maximum atomic E-state index is 13.1. The second-order valence-corrected chi connectivity index (χ2v) is 7.51. The Labute approximate surface area is 200 Å². The zero-order valence-corrected chi connectivity index (χ0v) is 18.2. The van der Waals surface area contributed by atoms with Gasteiger partial charge in [0, 0.05) is 34.2 Å². The van der Waals surface area contributed by atoms with E-state index in [9.17, 15) is 23.1 Å². The minimum absolute atomic E-state index is 0.123. The Hall–Kier alpha value is -4.93. The molecule has 0 spiro atoms. The normalized spacial score (nSPS) is 11.5. The van der Waals surface area contributed by atoms with Crippen molar-refractivity contribution in [2.45, 2.75) is 6.18 Å². The first kappa shape index (κ1) is 24.2. The first-order chi connectivity index (χ1) is 17.1. The predicted octanol–water partition coefficient (Wildman–Crippen LogP) is 5.18. The number of ketones is 1. The van der Waals surface area contributed by atoms with Crippen LogP contribution < -0.4 is 0 Å². The van der Waals surface area contributed by atoms with E-state index < -0.39 is 12.1 Å². The number of para-hydroxylation sites is 1. The van der Waals surface area contributed by atoms with Gasteiger partial charge >= 0.3 is 12.1 Å². The molecule has 36 heavy (non-hydrogen) atoms. The van der Waals surface area contributed by atoms with E-state index in [0.29, 0.717) is 10.9 Å². The van der Waals surface area contributed by atoms with Crippen LogP contribution in [0.2, 0.25) is 0 Å². The number of carboxylic acid groups (broad SMARTS) is 1. The minimum atomic E-state index is -5.08. The third-order valence-corrected chi connectivity index (χ3v) is 5.15. The molecule has 5 rings (SSSR count). The lowest BCUT2D eigenvalue weighted by atomic mass is 10.0. The lowest BCUT2D eigenvalue weighted by Gasteiger charge is -2.01. The van der Waals surface area contributed by atoms with Gasteiger partial charge in [0.25, 0.3) is 0 Å². The summed E-state index contributed by atoms with van der Waals surface area (Å²) < 4.78 is 31.7. The summed E-state index contributed by atoms with van der Waals surface area (Å²) in [6.45, 7) is 0. The van der Waals surface area contributed by atoms with E-state index >= 15 is 0 Å². The number of pyridine rings is 1. The zero-order chi connectivity index (χ0) is 25.9. The topological polar surface area (TPSA) is 132 Å². The molecule has 0 saturated carbocycles. The first-order valence-electron chi connectivity index (χ1n) is 10.4. The molecule has 0 saturated heterocycles. The third kappa shape index (κ3) is 5.09. The largest absolute Gasteiger partial charge is 0.494 e. The Kier molecular flexibility index (Phi) is 6.55. The summed E-state index contributed by atoms with van der Waals surface area (Å²) >= 11 is 0. The van der Waals surface area contributed by atoms with E-state index in [1.807, 2.05) is 54.6 Å². The first-order valence-corrected chi connectivity index (χ1v) is 10.4. The number of hydrogen-bond acceptors (Lipinski definition) is 5. The van der Waals surface area contributed by atoms with Gasteiger partial charge in [-0.05, 0) is 42.0 Å². The summed E-state index contributed by atoms with van der Waals surface area (Å²) in [5, 5.41) is 26.3. The SMILES string of the molecule is O=C(O)C(F)(F)F.O=C(c1ccc2c(/C=C/c3ccncc3)n[nH]c2c1)c1c(O)[nH]c2ccccc12. The molecule has 0 amide bonds. The summed E-state index contributed by atoms with van der Waals surface area (Å²) in [4.78, 5) is 28.8. The number of nitrogens with zero attached hydrogens (tertiary/aromatic N) is 2. The van der Waals surface area contributed by atoms with Crippen LogP contribution in [-0.4, -0.2) is 48.3 Å². The number of benzene rings is 2. The molecule has 0 radical (unpaired) electrons. The van der Waals surface area contributed by atoms with Crippen LogP contribution in [0.1, 0.15) is 27.2 Å². The standard InChI is InChI=1S/C23H16N4O2.C2HF3O2/c28-22(21-17-3-1-2-4-18(17)25-23(21)29)15-6-7-16-19(26-27-20(16)13-15)8-5-14-9-11-24-12-10-14;3-2(4,5)1(6)7/h1-13,25,29H,(H,26,27);(H,6,7)/b8-5+;. The number of nitrogens with one attached hydrogen (secondary N) is 2. The maximum absolute atomic E-state index is 13.1. The molecule has 0 aliphatic heterocycles. The second kappa shape index (κ2) is 9.74. The number of H-pyrrole nitrogens is 2. The van der Waals surface area contributed by atoms with Crippen molar-refractivity contribution in [3.05, 3.63) is 89.4 Å². The van der Waals surface area contributed by atoms with Crippen LogP contribution in [0, 0.1) is 0 Å². The predicted molar refractivity (Wildman–Crippen MR) is 126 cm³/mol. The fourth-order valence-corrected chi connectivity index (χ4v) is 3.46. The van der Waals surface area contributed by atoms with Gasteiger partial charge in [0.05, 0.1) is 16.8 Å². The summed E-state index contributed by atoms with van der Waals surface area (Å²) in [7, 11) is 0. The molecule has 3 aromatic heterocycles. The number of aromatic nitrogens is 4. The van der Waals surface area contributed by atoms with E-state index in [2.05, 4.69) is 20.2 Å². The van der Waals surface area contributed by atoms with Crippen LogP contribution >= 0.6 is 0 Å². The summed E-state index contributed by atoms with van der Waals surface area (Å²) in [5.41, 5.74) is 4.04. The van der Waals surface area contributed by atoms with Crippen molar-refractivity contribution in [3.63, 3.8) is 0 Å². The van der Waals surface area contributed by atoms with Crippen LogP contribution in [-0.2, 0) is 4.79 Å². The van der Waals surface area contributed by atoms with E-state index in [-0.39, 0.29) is 17.2 Å². The summed E-state index contributed by atoms with van der Waals surface area (Å²) in [6, 6.07) is 16.5. The van der Waals surface area contributed by atoms with Gasteiger partial charge in [-0.25, -0.2) is 4.79 Å². The van der Waals surface area contributed by atoms with Gasteiger partial charge < -0.3 is 15.2 Å². The highest BCUT2D eigenvalue weighted by Crippen LogP contribution is 2.30. The van der Waals surface area contributed by atoms with Crippen LogP contribution in [0.5, 0.6) is 5.88 Å². The molecule has 11 heteroatoms. The number of carbonyl (C=O) groups is 2. The Morgan fingerprint density at radius 2 is 1.61 bits per heavy atom. The number of rotatable bonds is 4. The lowest BCUT2D eigenvalue weighted by Crippen LogP contribution is -2.21. The van der Waals surface area contributed by atoms with Crippen LogP contribution in [0.3, 0.4) is 0 Å². The van der Waals surface area contributed by atoms with Gasteiger partial charge in [0.15, 0.2) is 5.78 Å². The van der Waals surface area contributed by atoms with Gasteiger partial charge in [-0.1, -0.05) is 30.3 Å². The van der Waals surface area contributed by atoms with Crippen molar-refractivity contribution in [1.82, 2.24) is 20.2 Å². The molecule has 5 aromatic rings. The van der Waals surface area contributed by atoms with Gasteiger partial charge in [0.2, 0.25) is 5.88 Å². The number of alkyl halides is 3. The smallest absolute Gasteiger partial charge is 0.490 e. The van der Waals surface area contributed by atoms with Gasteiger partial charge in [-0.3, -0.25) is 14.9 Å². The average molecular weight is 494 g/mol. The van der Waals surface area contributed by atoms with Crippen molar-refractivity contribution in [3.8, 4) is 5.88 Å². The zero-order valence-electron chi connectivity index (χ0n) is 18.2.